The van der Waals surface area contributed by atoms with Crippen molar-refractivity contribution in [3.63, 3.8) is 0 Å². The van der Waals surface area contributed by atoms with Crippen molar-refractivity contribution < 1.29 is 4.79 Å². The Hall–Kier alpha value is -0.940. The summed E-state index contributed by atoms with van der Waals surface area (Å²) in [5.74, 6) is 0.229. The van der Waals surface area contributed by atoms with Gasteiger partial charge in [-0.05, 0) is 48.0 Å². The number of carbonyl (C=O) groups is 1. The number of hydrogen-bond acceptors (Lipinski definition) is 3. The second-order valence-corrected chi connectivity index (χ2v) is 5.64. The van der Waals surface area contributed by atoms with Crippen LogP contribution < -0.4 is 0 Å². The number of likely N-dealkylation sites (N-methyl/N-ethyl adjacent to an activating group) is 1. The van der Waals surface area contributed by atoms with Crippen LogP contribution in [-0.4, -0.2) is 47.4 Å². The van der Waals surface area contributed by atoms with Crippen molar-refractivity contribution in [1.29, 1.82) is 0 Å². The first-order valence-electron chi connectivity index (χ1n) is 6.22. The predicted molar refractivity (Wildman–Crippen MR) is 74.1 cm³/mol. The Bertz CT molecular complexity index is 401. The van der Waals surface area contributed by atoms with E-state index in [1.54, 1.807) is 6.20 Å². The third-order valence-corrected chi connectivity index (χ3v) is 3.55. The van der Waals surface area contributed by atoms with Gasteiger partial charge < -0.3 is 4.90 Å². The van der Waals surface area contributed by atoms with Gasteiger partial charge in [0, 0.05) is 30.3 Å². The van der Waals surface area contributed by atoms with E-state index >= 15 is 0 Å². The minimum atomic E-state index is 0.229. The summed E-state index contributed by atoms with van der Waals surface area (Å²) in [5.41, 5.74) is 0.981. The summed E-state index contributed by atoms with van der Waals surface area (Å²) in [4.78, 5) is 20.2. The molecular formula is C13H18BrN3O. The molecule has 1 aliphatic rings. The van der Waals surface area contributed by atoms with E-state index in [0.29, 0.717) is 13.1 Å². The molecule has 0 saturated carbocycles. The minimum Gasteiger partial charge on any atom is -0.342 e. The fraction of sp³-hybridized carbons (Fsp3) is 0.538. The second kappa shape index (κ2) is 6.29. The molecule has 0 aliphatic carbocycles. The molecule has 1 fully saturated rings. The van der Waals surface area contributed by atoms with Crippen molar-refractivity contribution in [2.24, 2.45) is 0 Å². The molecule has 2 rings (SSSR count). The topological polar surface area (TPSA) is 36.4 Å². The maximum Gasteiger partial charge on any atom is 0.236 e. The molecule has 18 heavy (non-hydrogen) atoms. The van der Waals surface area contributed by atoms with Gasteiger partial charge in [0.2, 0.25) is 5.91 Å². The zero-order valence-electron chi connectivity index (χ0n) is 10.6. The molecule has 0 atom stereocenters. The Labute approximate surface area is 116 Å². The predicted octanol–water partition coefficient (Wildman–Crippen LogP) is 1.90. The Balaban J connectivity index is 1.82. The molecular weight excluding hydrogens is 294 g/mol. The summed E-state index contributed by atoms with van der Waals surface area (Å²) >= 11 is 3.36. The normalized spacial score (nSPS) is 15.4. The average Bonchev–Trinajstić information content (AvgIpc) is 2.85. The van der Waals surface area contributed by atoms with Crippen molar-refractivity contribution in [3.8, 4) is 0 Å². The first kappa shape index (κ1) is 13.5. The van der Waals surface area contributed by atoms with Gasteiger partial charge in [0.1, 0.15) is 0 Å². The largest absolute Gasteiger partial charge is 0.342 e. The molecule has 1 aromatic heterocycles. The summed E-state index contributed by atoms with van der Waals surface area (Å²) in [5, 5.41) is 0. The highest BCUT2D eigenvalue weighted by Crippen LogP contribution is 2.10. The lowest BCUT2D eigenvalue weighted by Crippen LogP contribution is -2.37. The number of pyridine rings is 1. The third kappa shape index (κ3) is 3.78. The molecule has 0 aromatic carbocycles. The van der Waals surface area contributed by atoms with Gasteiger partial charge in [-0.1, -0.05) is 0 Å². The molecule has 0 radical (unpaired) electrons. The molecule has 1 aromatic rings. The maximum atomic E-state index is 12.0. The molecule has 0 bridgehead atoms. The second-order valence-electron chi connectivity index (χ2n) is 4.73. The lowest BCUT2D eigenvalue weighted by molar-refractivity contribution is -0.131. The molecule has 0 unspecified atom stereocenters. The number of hydrogen-bond donors (Lipinski definition) is 0. The van der Waals surface area contributed by atoms with Crippen molar-refractivity contribution in [2.75, 3.05) is 26.7 Å². The number of aromatic nitrogens is 1. The van der Waals surface area contributed by atoms with Crippen molar-refractivity contribution >= 4 is 21.8 Å². The number of nitrogens with zero attached hydrogens (tertiary/aromatic N) is 3. The van der Waals surface area contributed by atoms with Crippen LogP contribution in [0.15, 0.2) is 22.8 Å². The van der Waals surface area contributed by atoms with Gasteiger partial charge in [-0.2, -0.15) is 0 Å². The van der Waals surface area contributed by atoms with Gasteiger partial charge >= 0.3 is 0 Å². The molecule has 5 heteroatoms. The number of amides is 1. The summed E-state index contributed by atoms with van der Waals surface area (Å²) in [6.07, 6.45) is 4.07. The molecule has 98 valence electrons. The molecule has 4 nitrogen and oxygen atoms in total. The fourth-order valence-electron chi connectivity index (χ4n) is 2.13. The molecule has 1 aliphatic heterocycles. The Morgan fingerprint density at radius 3 is 2.78 bits per heavy atom. The van der Waals surface area contributed by atoms with Gasteiger partial charge in [0.25, 0.3) is 0 Å². The first-order chi connectivity index (χ1) is 8.65. The molecule has 1 saturated heterocycles. The van der Waals surface area contributed by atoms with E-state index in [-0.39, 0.29) is 5.91 Å². The number of rotatable bonds is 4. The van der Waals surface area contributed by atoms with Crippen molar-refractivity contribution in [1.82, 2.24) is 14.8 Å². The highest BCUT2D eigenvalue weighted by atomic mass is 79.9. The molecule has 0 spiro atoms. The van der Waals surface area contributed by atoms with Crippen LogP contribution in [0, 0.1) is 0 Å². The lowest BCUT2D eigenvalue weighted by Gasteiger charge is -2.20. The van der Waals surface area contributed by atoms with Crippen LogP contribution in [0.3, 0.4) is 0 Å². The molecule has 1 amide bonds. The van der Waals surface area contributed by atoms with E-state index in [1.807, 2.05) is 29.0 Å². The number of likely N-dealkylation sites (tertiary alicyclic amines) is 1. The van der Waals surface area contributed by atoms with E-state index in [0.717, 1.165) is 36.1 Å². The van der Waals surface area contributed by atoms with E-state index in [9.17, 15) is 4.79 Å². The first-order valence-corrected chi connectivity index (χ1v) is 7.01. The van der Waals surface area contributed by atoms with E-state index in [4.69, 9.17) is 0 Å². The molecule has 2 heterocycles. The third-order valence-electron chi connectivity index (χ3n) is 3.08. The van der Waals surface area contributed by atoms with Crippen LogP contribution in [0.25, 0.3) is 0 Å². The van der Waals surface area contributed by atoms with Gasteiger partial charge in [-0.15, -0.1) is 0 Å². The standard InChI is InChI=1S/C13H18BrN3O/c1-16(9-12-5-4-11(14)8-15-12)10-13(18)17-6-2-3-7-17/h4-5,8H,2-3,6-7,9-10H2,1H3. The Morgan fingerprint density at radius 2 is 2.17 bits per heavy atom. The highest BCUT2D eigenvalue weighted by molar-refractivity contribution is 9.10. The van der Waals surface area contributed by atoms with Crippen LogP contribution in [-0.2, 0) is 11.3 Å². The minimum absolute atomic E-state index is 0.229. The smallest absolute Gasteiger partial charge is 0.236 e. The van der Waals surface area contributed by atoms with Gasteiger partial charge in [0.15, 0.2) is 0 Å². The maximum absolute atomic E-state index is 12.0. The number of halogens is 1. The average molecular weight is 312 g/mol. The number of carbonyl (C=O) groups excluding carboxylic acids is 1. The van der Waals surface area contributed by atoms with Gasteiger partial charge in [0.05, 0.1) is 12.2 Å². The van der Waals surface area contributed by atoms with Crippen LogP contribution in [0.1, 0.15) is 18.5 Å². The summed E-state index contributed by atoms with van der Waals surface area (Å²) in [6.45, 7) is 3.01. The van der Waals surface area contributed by atoms with E-state index < -0.39 is 0 Å². The van der Waals surface area contributed by atoms with E-state index in [1.165, 1.54) is 0 Å². The van der Waals surface area contributed by atoms with Crippen molar-refractivity contribution in [3.05, 3.63) is 28.5 Å². The summed E-state index contributed by atoms with van der Waals surface area (Å²) in [6, 6.07) is 3.94. The SMILES string of the molecule is CN(CC(=O)N1CCCC1)Cc1ccc(Br)cn1. The zero-order valence-corrected chi connectivity index (χ0v) is 12.2. The highest BCUT2D eigenvalue weighted by Gasteiger charge is 2.19. The summed E-state index contributed by atoms with van der Waals surface area (Å²) in [7, 11) is 1.96. The fourth-order valence-corrected chi connectivity index (χ4v) is 2.36. The summed E-state index contributed by atoms with van der Waals surface area (Å²) < 4.78 is 0.974. The monoisotopic (exact) mass is 311 g/mol. The quantitative estimate of drug-likeness (QED) is 0.852. The van der Waals surface area contributed by atoms with Crippen LogP contribution in [0.4, 0.5) is 0 Å². The Kier molecular flexibility index (Phi) is 4.72. The van der Waals surface area contributed by atoms with Crippen LogP contribution in [0.2, 0.25) is 0 Å². The van der Waals surface area contributed by atoms with Crippen LogP contribution in [0.5, 0.6) is 0 Å². The molecule has 0 N–H and O–H groups in total. The van der Waals surface area contributed by atoms with E-state index in [2.05, 4.69) is 20.9 Å². The zero-order chi connectivity index (χ0) is 13.0. The van der Waals surface area contributed by atoms with Crippen LogP contribution >= 0.6 is 15.9 Å². The Morgan fingerprint density at radius 1 is 1.44 bits per heavy atom. The van der Waals surface area contributed by atoms with Gasteiger partial charge in [-0.3, -0.25) is 14.7 Å². The lowest BCUT2D eigenvalue weighted by atomic mass is 10.3. The van der Waals surface area contributed by atoms with Crippen molar-refractivity contribution in [2.45, 2.75) is 19.4 Å². The van der Waals surface area contributed by atoms with Gasteiger partial charge in [-0.25, -0.2) is 0 Å².